The molecule has 1 heterocycles. The topological polar surface area (TPSA) is 79.4 Å². The van der Waals surface area contributed by atoms with Crippen molar-refractivity contribution >= 4 is 21.6 Å². The van der Waals surface area contributed by atoms with Crippen molar-refractivity contribution in [1.82, 2.24) is 10.3 Å². The van der Waals surface area contributed by atoms with Crippen LogP contribution in [0.5, 0.6) is 0 Å². The summed E-state index contributed by atoms with van der Waals surface area (Å²) >= 11 is 0. The van der Waals surface area contributed by atoms with Crippen LogP contribution in [0, 0.1) is 0 Å². The molecule has 0 saturated carbocycles. The van der Waals surface area contributed by atoms with E-state index in [1.807, 2.05) is 25.1 Å². The minimum atomic E-state index is -3.92. The molecule has 0 aliphatic rings. The Kier molecular flexibility index (Phi) is 7.07. The molecule has 0 aliphatic carbocycles. The first kappa shape index (κ1) is 22.5. The van der Waals surface area contributed by atoms with Crippen molar-refractivity contribution in [1.29, 1.82) is 0 Å². The number of hydrogen-bond donors (Lipinski definition) is 1. The highest BCUT2D eigenvalue weighted by Gasteiger charge is 2.27. The van der Waals surface area contributed by atoms with Gasteiger partial charge in [0, 0.05) is 12.4 Å². The number of carbonyl (C=O) groups is 1. The van der Waals surface area contributed by atoms with E-state index >= 15 is 0 Å². The molecular formula is C24H27N3O3S. The third-order valence-corrected chi connectivity index (χ3v) is 6.82. The Balaban J connectivity index is 1.89. The highest BCUT2D eigenvalue weighted by atomic mass is 32.2. The van der Waals surface area contributed by atoms with E-state index in [0.717, 1.165) is 15.4 Å². The highest BCUT2D eigenvalue weighted by Crippen LogP contribution is 2.26. The molecule has 0 saturated heterocycles. The molecule has 3 rings (SSSR count). The van der Waals surface area contributed by atoms with Crippen molar-refractivity contribution in [2.45, 2.75) is 37.6 Å². The minimum Gasteiger partial charge on any atom is -0.348 e. The maximum absolute atomic E-state index is 13.4. The molecule has 2 aromatic carbocycles. The quantitative estimate of drug-likeness (QED) is 0.571. The molecule has 31 heavy (non-hydrogen) atoms. The predicted octanol–water partition coefficient (Wildman–Crippen LogP) is 4.28. The van der Waals surface area contributed by atoms with E-state index < -0.39 is 15.9 Å². The zero-order valence-electron chi connectivity index (χ0n) is 17.9. The molecule has 1 amide bonds. The third-order valence-electron chi connectivity index (χ3n) is 5.03. The van der Waals surface area contributed by atoms with Crippen LogP contribution in [0.15, 0.2) is 84.0 Å². The molecule has 162 valence electrons. The lowest BCUT2D eigenvalue weighted by Crippen LogP contribution is -2.41. The fraction of sp³-hybridized carbons (Fsp3) is 0.250. The van der Waals surface area contributed by atoms with Gasteiger partial charge in [-0.1, -0.05) is 50.2 Å². The number of hydrogen-bond acceptors (Lipinski definition) is 4. The standard InChI is InChI=1S/C24H27N3O3S/c1-18(2)20-11-13-22(14-12-20)27(31(29,30)23-9-5-4-6-10-23)17-24(28)26-19(3)21-8-7-15-25-16-21/h4-16,18-19H,17H2,1-3H3,(H,26,28)/t19-/m0/s1. The van der Waals surface area contributed by atoms with Crippen molar-refractivity contribution < 1.29 is 13.2 Å². The van der Waals surface area contributed by atoms with E-state index in [9.17, 15) is 13.2 Å². The molecule has 0 bridgehead atoms. The van der Waals surface area contributed by atoms with Crippen LogP contribution < -0.4 is 9.62 Å². The van der Waals surface area contributed by atoms with Crippen LogP contribution in [-0.4, -0.2) is 25.9 Å². The van der Waals surface area contributed by atoms with Gasteiger partial charge in [0.25, 0.3) is 10.0 Å². The number of benzene rings is 2. The van der Waals surface area contributed by atoms with Crippen LogP contribution in [0.4, 0.5) is 5.69 Å². The van der Waals surface area contributed by atoms with Crippen LogP contribution in [0.25, 0.3) is 0 Å². The Hall–Kier alpha value is -3.19. The van der Waals surface area contributed by atoms with Gasteiger partial charge in [0.15, 0.2) is 0 Å². The van der Waals surface area contributed by atoms with E-state index in [4.69, 9.17) is 0 Å². The average Bonchev–Trinajstić information content (AvgIpc) is 2.78. The van der Waals surface area contributed by atoms with Gasteiger partial charge < -0.3 is 5.32 Å². The smallest absolute Gasteiger partial charge is 0.264 e. The van der Waals surface area contributed by atoms with Crippen molar-refractivity contribution in [3.63, 3.8) is 0 Å². The van der Waals surface area contributed by atoms with Crippen LogP contribution in [0.3, 0.4) is 0 Å². The summed E-state index contributed by atoms with van der Waals surface area (Å²) in [7, 11) is -3.92. The first-order valence-electron chi connectivity index (χ1n) is 10.2. The van der Waals surface area contributed by atoms with Crippen molar-refractivity contribution in [3.05, 3.63) is 90.3 Å². The van der Waals surface area contributed by atoms with E-state index in [2.05, 4.69) is 24.1 Å². The molecule has 0 aliphatic heterocycles. The number of anilines is 1. The van der Waals surface area contributed by atoms with Gasteiger partial charge in [0.2, 0.25) is 5.91 Å². The van der Waals surface area contributed by atoms with Gasteiger partial charge in [-0.3, -0.25) is 14.1 Å². The largest absolute Gasteiger partial charge is 0.348 e. The summed E-state index contributed by atoms with van der Waals surface area (Å²) in [5, 5.41) is 2.86. The Morgan fingerprint density at radius 3 is 2.19 bits per heavy atom. The second kappa shape index (κ2) is 9.75. The Bertz CT molecular complexity index is 1100. The molecular weight excluding hydrogens is 410 g/mol. The number of sulfonamides is 1. The second-order valence-corrected chi connectivity index (χ2v) is 9.51. The molecule has 7 heteroatoms. The maximum atomic E-state index is 13.4. The van der Waals surface area contributed by atoms with Crippen molar-refractivity contribution in [3.8, 4) is 0 Å². The molecule has 3 aromatic rings. The van der Waals surface area contributed by atoms with Gasteiger partial charge in [-0.2, -0.15) is 0 Å². The van der Waals surface area contributed by atoms with E-state index in [-0.39, 0.29) is 17.5 Å². The summed E-state index contributed by atoms with van der Waals surface area (Å²) in [5.74, 6) is -0.0827. The first-order chi connectivity index (χ1) is 14.8. The van der Waals surface area contributed by atoms with Gasteiger partial charge in [0.1, 0.15) is 6.54 Å². The highest BCUT2D eigenvalue weighted by molar-refractivity contribution is 7.92. The number of pyridine rings is 1. The van der Waals surface area contributed by atoms with Crippen molar-refractivity contribution in [2.24, 2.45) is 0 Å². The molecule has 0 fully saturated rings. The van der Waals surface area contributed by atoms with Gasteiger partial charge in [-0.15, -0.1) is 0 Å². The molecule has 1 N–H and O–H groups in total. The monoisotopic (exact) mass is 437 g/mol. The van der Waals surface area contributed by atoms with E-state index in [1.54, 1.807) is 48.8 Å². The first-order valence-corrected chi connectivity index (χ1v) is 11.6. The molecule has 0 spiro atoms. The molecule has 1 aromatic heterocycles. The molecule has 1 atom stereocenters. The predicted molar refractivity (Wildman–Crippen MR) is 122 cm³/mol. The van der Waals surface area contributed by atoms with E-state index in [1.165, 1.54) is 12.1 Å². The number of amides is 1. The van der Waals surface area contributed by atoms with Crippen LogP contribution >= 0.6 is 0 Å². The summed E-state index contributed by atoms with van der Waals surface area (Å²) in [5.41, 5.74) is 2.38. The summed E-state index contributed by atoms with van der Waals surface area (Å²) in [4.78, 5) is 17.0. The lowest BCUT2D eigenvalue weighted by Gasteiger charge is -2.25. The summed E-state index contributed by atoms with van der Waals surface area (Å²) < 4.78 is 27.9. The maximum Gasteiger partial charge on any atom is 0.264 e. The van der Waals surface area contributed by atoms with E-state index in [0.29, 0.717) is 11.6 Å². The molecule has 0 radical (unpaired) electrons. The Labute approximate surface area is 184 Å². The molecule has 0 unspecified atom stereocenters. The lowest BCUT2D eigenvalue weighted by atomic mass is 10.0. The Morgan fingerprint density at radius 2 is 1.61 bits per heavy atom. The van der Waals surface area contributed by atoms with Gasteiger partial charge >= 0.3 is 0 Å². The summed E-state index contributed by atoms with van der Waals surface area (Å²) in [6.45, 7) is 5.65. The summed E-state index contributed by atoms with van der Waals surface area (Å²) in [6, 6.07) is 18.8. The summed E-state index contributed by atoms with van der Waals surface area (Å²) in [6.07, 6.45) is 3.33. The number of nitrogens with zero attached hydrogens (tertiary/aromatic N) is 2. The second-order valence-electron chi connectivity index (χ2n) is 7.65. The Morgan fingerprint density at radius 1 is 0.935 bits per heavy atom. The van der Waals surface area contributed by atoms with Crippen molar-refractivity contribution in [2.75, 3.05) is 10.8 Å². The SMILES string of the molecule is CC(C)c1ccc(N(CC(=O)N[C@@H](C)c2cccnc2)S(=O)(=O)c2ccccc2)cc1. The molecule has 6 nitrogen and oxygen atoms in total. The number of aromatic nitrogens is 1. The van der Waals surface area contributed by atoms with Gasteiger partial charge in [-0.25, -0.2) is 8.42 Å². The van der Waals surface area contributed by atoms with Gasteiger partial charge in [0.05, 0.1) is 16.6 Å². The minimum absolute atomic E-state index is 0.135. The lowest BCUT2D eigenvalue weighted by molar-refractivity contribution is -0.120. The van der Waals surface area contributed by atoms with Gasteiger partial charge in [-0.05, 0) is 54.3 Å². The number of carbonyl (C=O) groups excluding carboxylic acids is 1. The number of rotatable bonds is 8. The average molecular weight is 438 g/mol. The number of nitrogens with one attached hydrogen (secondary N) is 1. The zero-order chi connectivity index (χ0) is 22.4. The van der Waals surface area contributed by atoms with Crippen LogP contribution in [0.2, 0.25) is 0 Å². The third kappa shape index (κ3) is 5.49. The zero-order valence-corrected chi connectivity index (χ0v) is 18.7. The normalized spacial score (nSPS) is 12.4. The van der Waals surface area contributed by atoms with Crippen LogP contribution in [-0.2, 0) is 14.8 Å². The fourth-order valence-electron chi connectivity index (χ4n) is 3.19. The fourth-order valence-corrected chi connectivity index (χ4v) is 4.64. The van der Waals surface area contributed by atoms with Crippen LogP contribution in [0.1, 0.15) is 43.9 Å².